The zero-order valence-electron chi connectivity index (χ0n) is 8.20. The van der Waals surface area contributed by atoms with E-state index < -0.39 is 5.97 Å². The van der Waals surface area contributed by atoms with Crippen molar-refractivity contribution in [3.63, 3.8) is 0 Å². The largest absolute Gasteiger partial charge is 0.491 e. The fraction of sp³-hybridized carbons (Fsp3) is 0.375. The first-order chi connectivity index (χ1) is 6.72. The van der Waals surface area contributed by atoms with Crippen LogP contribution in [-0.2, 0) is 4.74 Å². The van der Waals surface area contributed by atoms with Crippen LogP contribution in [0.15, 0.2) is 6.20 Å². The van der Waals surface area contributed by atoms with E-state index in [2.05, 4.69) is 20.0 Å². The summed E-state index contributed by atoms with van der Waals surface area (Å²) in [6.07, 6.45) is 1.41. The zero-order chi connectivity index (χ0) is 10.6. The molecule has 6 nitrogen and oxygen atoms in total. The van der Waals surface area contributed by atoms with Gasteiger partial charge in [0.1, 0.15) is 0 Å². The third kappa shape index (κ3) is 1.90. The number of esters is 1. The topological polar surface area (TPSA) is 73.3 Å². The predicted octanol–water partition coefficient (Wildman–Crippen LogP) is 0.313. The number of aromatic nitrogens is 2. The van der Waals surface area contributed by atoms with Gasteiger partial charge in [-0.25, -0.2) is 14.8 Å². The maximum atomic E-state index is 11.1. The molecule has 1 heterocycles. The van der Waals surface area contributed by atoms with Crippen molar-refractivity contribution in [3.8, 4) is 5.75 Å². The number of carbonyl (C=O) groups is 1. The van der Waals surface area contributed by atoms with E-state index in [1.165, 1.54) is 20.4 Å². The summed E-state index contributed by atoms with van der Waals surface area (Å²) in [4.78, 5) is 18.8. The lowest BCUT2D eigenvalue weighted by molar-refractivity contribution is 0.0586. The Kier molecular flexibility index (Phi) is 3.22. The van der Waals surface area contributed by atoms with Gasteiger partial charge in [0, 0.05) is 7.05 Å². The fourth-order valence-electron chi connectivity index (χ4n) is 0.889. The maximum absolute atomic E-state index is 11.1. The second-order valence-electron chi connectivity index (χ2n) is 2.35. The Hall–Kier alpha value is -1.85. The van der Waals surface area contributed by atoms with Crippen LogP contribution in [0.3, 0.4) is 0 Å². The van der Waals surface area contributed by atoms with Crippen LogP contribution < -0.4 is 10.1 Å². The Bertz CT molecular complexity index is 341. The summed E-state index contributed by atoms with van der Waals surface area (Å²) in [5.41, 5.74) is 0. The number of methoxy groups -OCH3 is 2. The zero-order valence-corrected chi connectivity index (χ0v) is 8.20. The standard InChI is InChI=1S/C8H11N3O3/c1-9-6-5(13-2)4-10-7(11-6)8(12)14-3/h4H,1-3H3,(H,9,10,11). The minimum Gasteiger partial charge on any atom is -0.491 e. The molecule has 1 rings (SSSR count). The van der Waals surface area contributed by atoms with E-state index in [-0.39, 0.29) is 5.82 Å². The molecule has 0 unspecified atom stereocenters. The van der Waals surface area contributed by atoms with Crippen LogP contribution in [0.5, 0.6) is 5.75 Å². The average molecular weight is 197 g/mol. The number of hydrogen-bond acceptors (Lipinski definition) is 6. The van der Waals surface area contributed by atoms with Crippen LogP contribution in [0, 0.1) is 0 Å². The molecule has 1 aromatic heterocycles. The molecule has 0 aliphatic rings. The second-order valence-corrected chi connectivity index (χ2v) is 2.35. The van der Waals surface area contributed by atoms with Gasteiger partial charge >= 0.3 is 5.97 Å². The van der Waals surface area contributed by atoms with Crippen molar-refractivity contribution in [2.45, 2.75) is 0 Å². The van der Waals surface area contributed by atoms with E-state index in [4.69, 9.17) is 4.74 Å². The molecule has 1 N–H and O–H groups in total. The van der Waals surface area contributed by atoms with Crippen molar-refractivity contribution >= 4 is 11.8 Å². The normalized spacial score (nSPS) is 9.36. The van der Waals surface area contributed by atoms with Gasteiger partial charge in [-0.05, 0) is 0 Å². The van der Waals surface area contributed by atoms with Crippen LogP contribution in [0.1, 0.15) is 10.6 Å². The van der Waals surface area contributed by atoms with Crippen LogP contribution in [0.4, 0.5) is 5.82 Å². The maximum Gasteiger partial charge on any atom is 0.376 e. The number of anilines is 1. The van der Waals surface area contributed by atoms with Gasteiger partial charge in [0.2, 0.25) is 5.82 Å². The van der Waals surface area contributed by atoms with Crippen molar-refractivity contribution in [1.82, 2.24) is 9.97 Å². The summed E-state index contributed by atoms with van der Waals surface area (Å²) < 4.78 is 9.44. The van der Waals surface area contributed by atoms with Gasteiger partial charge in [-0.2, -0.15) is 0 Å². The smallest absolute Gasteiger partial charge is 0.376 e. The molecule has 0 aliphatic heterocycles. The van der Waals surface area contributed by atoms with Gasteiger partial charge in [0.15, 0.2) is 11.6 Å². The Morgan fingerprint density at radius 2 is 2.21 bits per heavy atom. The lowest BCUT2D eigenvalue weighted by atomic mass is 10.5. The molecule has 0 bridgehead atoms. The first kappa shape index (κ1) is 10.2. The molecule has 0 atom stereocenters. The van der Waals surface area contributed by atoms with Crippen molar-refractivity contribution in [2.75, 3.05) is 26.6 Å². The molecule has 0 aromatic carbocycles. The van der Waals surface area contributed by atoms with Crippen molar-refractivity contribution < 1.29 is 14.3 Å². The lowest BCUT2D eigenvalue weighted by Crippen LogP contribution is -2.09. The van der Waals surface area contributed by atoms with Gasteiger partial charge in [-0.3, -0.25) is 0 Å². The third-order valence-corrected chi connectivity index (χ3v) is 1.58. The SMILES string of the molecule is CNc1nc(C(=O)OC)ncc1OC. The summed E-state index contributed by atoms with van der Waals surface area (Å²) >= 11 is 0. The van der Waals surface area contributed by atoms with Crippen LogP contribution in [0.25, 0.3) is 0 Å². The molecule has 14 heavy (non-hydrogen) atoms. The van der Waals surface area contributed by atoms with E-state index in [0.717, 1.165) is 0 Å². The first-order valence-electron chi connectivity index (χ1n) is 3.90. The van der Waals surface area contributed by atoms with Crippen molar-refractivity contribution in [2.24, 2.45) is 0 Å². The Morgan fingerprint density at radius 3 is 2.71 bits per heavy atom. The van der Waals surface area contributed by atoms with Gasteiger partial charge in [0.05, 0.1) is 20.4 Å². The highest BCUT2D eigenvalue weighted by atomic mass is 16.5. The van der Waals surface area contributed by atoms with Crippen LogP contribution in [-0.4, -0.2) is 37.2 Å². The summed E-state index contributed by atoms with van der Waals surface area (Å²) in [7, 11) is 4.44. The number of rotatable bonds is 3. The molecule has 0 fully saturated rings. The number of ether oxygens (including phenoxy) is 2. The van der Waals surface area contributed by atoms with Gasteiger partial charge in [-0.1, -0.05) is 0 Å². The number of nitrogens with zero attached hydrogens (tertiary/aromatic N) is 2. The van der Waals surface area contributed by atoms with Crippen molar-refractivity contribution in [1.29, 1.82) is 0 Å². The Labute approximate surface area is 81.3 Å². The summed E-state index contributed by atoms with van der Waals surface area (Å²) in [5.74, 6) is 0.338. The first-order valence-corrected chi connectivity index (χ1v) is 3.90. The number of carbonyl (C=O) groups excluding carboxylic acids is 1. The molecule has 1 aromatic rings. The average Bonchev–Trinajstić information content (AvgIpc) is 2.26. The third-order valence-electron chi connectivity index (χ3n) is 1.58. The quantitative estimate of drug-likeness (QED) is 0.703. The molecule has 0 aliphatic carbocycles. The minimum atomic E-state index is -0.579. The summed E-state index contributed by atoms with van der Waals surface area (Å²) in [6, 6.07) is 0. The molecular formula is C8H11N3O3. The van der Waals surface area contributed by atoms with Crippen LogP contribution >= 0.6 is 0 Å². The monoisotopic (exact) mass is 197 g/mol. The summed E-state index contributed by atoms with van der Waals surface area (Å²) in [6.45, 7) is 0. The second kappa shape index (κ2) is 4.40. The van der Waals surface area contributed by atoms with E-state index in [9.17, 15) is 4.79 Å². The number of hydrogen-bond donors (Lipinski definition) is 1. The molecule has 0 saturated heterocycles. The molecule has 76 valence electrons. The molecule has 0 spiro atoms. The van der Waals surface area contributed by atoms with E-state index in [1.807, 2.05) is 0 Å². The van der Waals surface area contributed by atoms with E-state index in [1.54, 1.807) is 7.05 Å². The molecule has 0 amide bonds. The minimum absolute atomic E-state index is 0.00218. The highest BCUT2D eigenvalue weighted by Crippen LogP contribution is 2.19. The summed E-state index contributed by atoms with van der Waals surface area (Å²) in [5, 5.41) is 2.78. The van der Waals surface area contributed by atoms with Gasteiger partial charge in [0.25, 0.3) is 0 Å². The molecule has 0 radical (unpaired) electrons. The fourth-order valence-corrected chi connectivity index (χ4v) is 0.889. The van der Waals surface area contributed by atoms with Crippen LogP contribution in [0.2, 0.25) is 0 Å². The predicted molar refractivity (Wildman–Crippen MR) is 49.5 cm³/mol. The highest BCUT2D eigenvalue weighted by Gasteiger charge is 2.12. The van der Waals surface area contributed by atoms with Gasteiger partial charge < -0.3 is 14.8 Å². The lowest BCUT2D eigenvalue weighted by Gasteiger charge is -2.06. The van der Waals surface area contributed by atoms with Gasteiger partial charge in [-0.15, -0.1) is 0 Å². The molecule has 6 heteroatoms. The highest BCUT2D eigenvalue weighted by molar-refractivity contribution is 5.85. The number of nitrogens with one attached hydrogen (secondary N) is 1. The van der Waals surface area contributed by atoms with Crippen molar-refractivity contribution in [3.05, 3.63) is 12.0 Å². The van der Waals surface area contributed by atoms with E-state index in [0.29, 0.717) is 11.6 Å². The van der Waals surface area contributed by atoms with E-state index >= 15 is 0 Å². The molecule has 0 saturated carbocycles. The Balaban J connectivity index is 3.07. The Morgan fingerprint density at radius 1 is 1.50 bits per heavy atom. The molecular weight excluding hydrogens is 186 g/mol.